The molecule has 4 heterocycles. The van der Waals surface area contributed by atoms with Crippen molar-refractivity contribution in [1.82, 2.24) is 20.0 Å². The quantitative estimate of drug-likeness (QED) is 0.422. The molecule has 0 radical (unpaired) electrons. The van der Waals surface area contributed by atoms with Gasteiger partial charge in [0.25, 0.3) is 0 Å². The molecule has 2 spiro atoms. The maximum atomic E-state index is 13.6. The number of ether oxygens (including phenoxy) is 2. The van der Waals surface area contributed by atoms with Crippen LogP contribution < -0.4 is 5.32 Å². The lowest BCUT2D eigenvalue weighted by molar-refractivity contribution is -0.300. The van der Waals surface area contributed by atoms with Gasteiger partial charge in [0.1, 0.15) is 11.8 Å². The van der Waals surface area contributed by atoms with Crippen LogP contribution in [0.25, 0.3) is 0 Å². The molecule has 0 bridgehead atoms. The maximum absolute atomic E-state index is 13.6. The smallest absolute Gasteiger partial charge is 0.240 e. The monoisotopic (exact) mass is 546 g/mol. The zero-order chi connectivity index (χ0) is 27.7. The highest BCUT2D eigenvalue weighted by atomic mass is 16.7. The summed E-state index contributed by atoms with van der Waals surface area (Å²) in [6.45, 7) is 17.3. The number of carbonyl (C=O) groups excluding carboxylic acids is 2. The van der Waals surface area contributed by atoms with Crippen LogP contribution in [-0.2, 0) is 19.1 Å². The van der Waals surface area contributed by atoms with E-state index in [-0.39, 0.29) is 11.9 Å². The second-order valence-electron chi connectivity index (χ2n) is 14.4. The van der Waals surface area contributed by atoms with E-state index in [0.29, 0.717) is 37.3 Å². The Bertz CT molecular complexity index is 834. The molecule has 8 nitrogen and oxygen atoms in total. The lowest BCUT2D eigenvalue weighted by Crippen LogP contribution is -2.68. The number of likely N-dealkylation sites (tertiary alicyclic amines) is 2. The van der Waals surface area contributed by atoms with Crippen molar-refractivity contribution >= 4 is 12.2 Å². The number of hydrogen-bond donors (Lipinski definition) is 1. The van der Waals surface area contributed by atoms with Crippen molar-refractivity contribution in [1.29, 1.82) is 0 Å². The largest absolute Gasteiger partial charge is 0.349 e. The SMILES string of the molecule is CC(C)C[C@@H]1NCCN([C@](C=O)(CC(C)C)CN2CCC3(CC2)OCC(CN2CCC4(CC2)CC4)CO3)C1=O. The molecule has 0 aromatic heterocycles. The van der Waals surface area contributed by atoms with Crippen LogP contribution in [0.15, 0.2) is 0 Å². The number of piperazine rings is 1. The minimum absolute atomic E-state index is 0.0853. The molecule has 5 rings (SSSR count). The van der Waals surface area contributed by atoms with Crippen molar-refractivity contribution in [3.63, 3.8) is 0 Å². The molecule has 39 heavy (non-hydrogen) atoms. The van der Waals surface area contributed by atoms with Crippen LogP contribution >= 0.6 is 0 Å². The minimum atomic E-state index is -0.792. The number of amides is 1. The Balaban J connectivity index is 1.14. The van der Waals surface area contributed by atoms with Crippen LogP contribution in [0.3, 0.4) is 0 Å². The summed E-state index contributed by atoms with van der Waals surface area (Å²) >= 11 is 0. The Labute approximate surface area is 236 Å². The van der Waals surface area contributed by atoms with Gasteiger partial charge in [-0.2, -0.15) is 0 Å². The molecule has 1 amide bonds. The van der Waals surface area contributed by atoms with Crippen molar-refractivity contribution in [2.75, 3.05) is 65.6 Å². The summed E-state index contributed by atoms with van der Waals surface area (Å²) in [5.41, 5.74) is -0.0708. The number of nitrogens with one attached hydrogen (secondary N) is 1. The number of piperidine rings is 2. The zero-order valence-electron chi connectivity index (χ0n) is 25.1. The van der Waals surface area contributed by atoms with Crippen molar-refractivity contribution < 1.29 is 19.1 Å². The first kappa shape index (κ1) is 29.4. The van der Waals surface area contributed by atoms with Crippen molar-refractivity contribution in [3.05, 3.63) is 0 Å². The molecular formula is C31H54N4O4. The van der Waals surface area contributed by atoms with E-state index in [1.54, 1.807) is 0 Å². The summed E-state index contributed by atoms with van der Waals surface area (Å²) in [6.07, 6.45) is 9.84. The summed E-state index contributed by atoms with van der Waals surface area (Å²) in [6, 6.07) is -0.202. The van der Waals surface area contributed by atoms with Crippen LogP contribution in [0.1, 0.15) is 79.1 Å². The van der Waals surface area contributed by atoms with Crippen LogP contribution in [0, 0.1) is 23.2 Å². The number of nitrogens with zero attached hydrogens (tertiary/aromatic N) is 3. The topological polar surface area (TPSA) is 74.3 Å². The Kier molecular flexibility index (Phi) is 9.09. The molecular weight excluding hydrogens is 492 g/mol. The predicted molar refractivity (Wildman–Crippen MR) is 152 cm³/mol. The van der Waals surface area contributed by atoms with Gasteiger partial charge < -0.3 is 34.3 Å². The first-order valence-electron chi connectivity index (χ1n) is 15.9. The van der Waals surface area contributed by atoms with Gasteiger partial charge in [0, 0.05) is 58.0 Å². The van der Waals surface area contributed by atoms with E-state index in [1.165, 1.54) is 38.8 Å². The third kappa shape index (κ3) is 6.88. The molecule has 5 fully saturated rings. The van der Waals surface area contributed by atoms with Gasteiger partial charge in [0.05, 0.1) is 19.3 Å². The van der Waals surface area contributed by atoms with E-state index in [1.807, 2.05) is 4.90 Å². The lowest BCUT2D eigenvalue weighted by Gasteiger charge is -2.50. The van der Waals surface area contributed by atoms with Crippen molar-refractivity contribution in [3.8, 4) is 0 Å². The Morgan fingerprint density at radius 1 is 0.923 bits per heavy atom. The van der Waals surface area contributed by atoms with Gasteiger partial charge in [-0.1, -0.05) is 27.7 Å². The summed E-state index contributed by atoms with van der Waals surface area (Å²) in [7, 11) is 0. The predicted octanol–water partition coefficient (Wildman–Crippen LogP) is 3.15. The molecule has 1 aliphatic carbocycles. The molecule has 4 aliphatic heterocycles. The number of hydrogen-bond acceptors (Lipinski definition) is 7. The van der Waals surface area contributed by atoms with Gasteiger partial charge in [-0.3, -0.25) is 4.79 Å². The molecule has 0 aromatic carbocycles. The van der Waals surface area contributed by atoms with E-state index in [9.17, 15) is 9.59 Å². The van der Waals surface area contributed by atoms with Crippen LogP contribution in [0.2, 0.25) is 0 Å². The van der Waals surface area contributed by atoms with Gasteiger partial charge in [-0.15, -0.1) is 0 Å². The fraction of sp³-hybridized carbons (Fsp3) is 0.935. The van der Waals surface area contributed by atoms with Crippen LogP contribution in [0.5, 0.6) is 0 Å². The van der Waals surface area contributed by atoms with Gasteiger partial charge in [-0.05, 0) is 68.9 Å². The molecule has 4 saturated heterocycles. The third-order valence-corrected chi connectivity index (χ3v) is 10.2. The summed E-state index contributed by atoms with van der Waals surface area (Å²) in [5.74, 6) is 0.789. The van der Waals surface area contributed by atoms with Gasteiger partial charge in [0.15, 0.2) is 5.79 Å². The van der Waals surface area contributed by atoms with Gasteiger partial charge in [0.2, 0.25) is 5.91 Å². The minimum Gasteiger partial charge on any atom is -0.349 e. The first-order valence-corrected chi connectivity index (χ1v) is 15.9. The van der Waals surface area contributed by atoms with Crippen molar-refractivity contribution in [2.24, 2.45) is 23.2 Å². The second kappa shape index (κ2) is 12.0. The number of rotatable bonds is 10. The van der Waals surface area contributed by atoms with Gasteiger partial charge >= 0.3 is 0 Å². The maximum Gasteiger partial charge on any atom is 0.240 e. The van der Waals surface area contributed by atoms with E-state index in [4.69, 9.17) is 9.47 Å². The molecule has 222 valence electrons. The highest BCUT2D eigenvalue weighted by Crippen LogP contribution is 2.53. The van der Waals surface area contributed by atoms with Gasteiger partial charge in [-0.25, -0.2) is 0 Å². The normalized spacial score (nSPS) is 29.8. The number of aldehydes is 1. The first-order chi connectivity index (χ1) is 18.7. The highest BCUT2D eigenvalue weighted by Gasteiger charge is 2.48. The van der Waals surface area contributed by atoms with Crippen LogP contribution in [0.4, 0.5) is 0 Å². The average molecular weight is 547 g/mol. The Morgan fingerprint density at radius 3 is 2.13 bits per heavy atom. The average Bonchev–Trinajstić information content (AvgIpc) is 3.67. The van der Waals surface area contributed by atoms with E-state index in [0.717, 1.165) is 70.4 Å². The zero-order valence-corrected chi connectivity index (χ0v) is 25.1. The third-order valence-electron chi connectivity index (χ3n) is 10.2. The molecule has 1 saturated carbocycles. The van der Waals surface area contributed by atoms with E-state index >= 15 is 0 Å². The summed E-state index contributed by atoms with van der Waals surface area (Å²) < 4.78 is 12.9. The summed E-state index contributed by atoms with van der Waals surface area (Å²) in [5, 5.41) is 3.40. The van der Waals surface area contributed by atoms with Crippen molar-refractivity contribution in [2.45, 2.75) is 96.4 Å². The number of carbonyl (C=O) groups is 2. The molecule has 1 N–H and O–H groups in total. The standard InChI is InChI=1S/C31H54N4O4/c1-24(2)17-27-28(37)35(16-11-32-27)30(23-36,18-25(3)4)22-34-14-9-31(10-15-34)38-20-26(21-39-31)19-33-12-7-29(5-6-29)8-13-33/h23-27,32H,5-22H2,1-4H3/t27-,30+/m0/s1. The molecule has 0 aromatic rings. The lowest BCUT2D eigenvalue weighted by atomic mass is 9.85. The summed E-state index contributed by atoms with van der Waals surface area (Å²) in [4.78, 5) is 33.3. The fourth-order valence-electron chi connectivity index (χ4n) is 7.66. The molecule has 5 aliphatic rings. The second-order valence-corrected chi connectivity index (χ2v) is 14.4. The van der Waals surface area contributed by atoms with E-state index < -0.39 is 11.3 Å². The molecule has 8 heteroatoms. The van der Waals surface area contributed by atoms with E-state index in [2.05, 4.69) is 42.8 Å². The fourth-order valence-corrected chi connectivity index (χ4v) is 7.66. The highest BCUT2D eigenvalue weighted by molar-refractivity contribution is 5.87. The Morgan fingerprint density at radius 2 is 1.56 bits per heavy atom. The molecule has 0 unspecified atom stereocenters. The Hall–Kier alpha value is -1.06. The van der Waals surface area contributed by atoms with Crippen LogP contribution in [-0.4, -0.2) is 110 Å². The molecule has 2 atom stereocenters.